The molecule has 144 valence electrons. The average Bonchev–Trinajstić information content (AvgIpc) is 2.58. The van der Waals surface area contributed by atoms with E-state index < -0.39 is 0 Å². The Hall–Kier alpha value is -1.82. The molecule has 0 aliphatic carbocycles. The van der Waals surface area contributed by atoms with Crippen LogP contribution in [-0.4, -0.2) is 49.1 Å². The molecule has 6 heteroatoms. The second-order valence-electron chi connectivity index (χ2n) is 8.23. The Balaban J connectivity index is 1.29. The molecule has 1 N–H and O–H groups in total. The molecular weight excluding hydrogens is 332 g/mol. The van der Waals surface area contributed by atoms with Gasteiger partial charge in [0.2, 0.25) is 11.8 Å². The van der Waals surface area contributed by atoms with Crippen molar-refractivity contribution >= 4 is 11.8 Å². The highest BCUT2D eigenvalue weighted by Crippen LogP contribution is 2.31. The number of nitrogens with zero attached hydrogens (tertiary/aromatic N) is 1. The van der Waals surface area contributed by atoms with Crippen LogP contribution < -0.4 is 5.32 Å². The lowest BCUT2D eigenvalue weighted by molar-refractivity contribution is -0.152. The van der Waals surface area contributed by atoms with Gasteiger partial charge < -0.3 is 14.8 Å². The maximum Gasteiger partial charge on any atom is 0.229 e. The molecule has 1 fully saturated rings. The Labute approximate surface area is 155 Å². The molecule has 1 saturated heterocycles. The molecule has 0 aromatic heterocycles. The van der Waals surface area contributed by atoms with Crippen LogP contribution in [-0.2, 0) is 19.1 Å². The van der Waals surface area contributed by atoms with Crippen molar-refractivity contribution in [2.75, 3.05) is 26.2 Å². The Morgan fingerprint density at radius 3 is 2.77 bits per heavy atom. The third kappa shape index (κ3) is 4.87. The molecular formula is C20H30N2O4. The number of hydrogen-bond acceptors (Lipinski definition) is 5. The van der Waals surface area contributed by atoms with Crippen LogP contribution >= 0.6 is 0 Å². The van der Waals surface area contributed by atoms with Crippen LogP contribution in [0.2, 0.25) is 0 Å². The number of piperidine rings is 1. The van der Waals surface area contributed by atoms with Crippen molar-refractivity contribution in [3.8, 4) is 0 Å². The molecule has 3 rings (SSSR count). The molecule has 0 radical (unpaired) electrons. The number of carbonyl (C=O) groups excluding carboxylic acids is 2. The monoisotopic (exact) mass is 362 g/mol. The third-order valence-electron chi connectivity index (χ3n) is 5.20. The first-order valence-electron chi connectivity index (χ1n) is 9.65. The molecule has 2 amide bonds. The first-order valence-corrected chi connectivity index (χ1v) is 9.65. The van der Waals surface area contributed by atoms with Crippen LogP contribution in [0.4, 0.5) is 0 Å². The molecule has 1 atom stereocenters. The van der Waals surface area contributed by atoms with E-state index in [0.29, 0.717) is 26.0 Å². The van der Waals surface area contributed by atoms with E-state index in [-0.39, 0.29) is 23.3 Å². The summed E-state index contributed by atoms with van der Waals surface area (Å²) >= 11 is 0. The maximum absolute atomic E-state index is 12.1. The lowest BCUT2D eigenvalue weighted by atomic mass is 9.82. The normalized spacial score (nSPS) is 25.0. The Morgan fingerprint density at radius 1 is 1.23 bits per heavy atom. The fraction of sp³-hybridized carbons (Fsp3) is 0.700. The predicted molar refractivity (Wildman–Crippen MR) is 98.1 cm³/mol. The number of hydrogen-bond donors (Lipinski definition) is 1. The topological polar surface area (TPSA) is 67.9 Å². The number of ether oxygens (including phenoxy) is 2. The van der Waals surface area contributed by atoms with Gasteiger partial charge in [-0.25, -0.2) is 0 Å². The number of nitrogens with one attached hydrogen (secondary N) is 1. The minimum Gasteiger partial charge on any atom is -0.497 e. The fourth-order valence-corrected chi connectivity index (χ4v) is 3.73. The van der Waals surface area contributed by atoms with E-state index in [0.717, 1.165) is 44.5 Å². The third-order valence-corrected chi connectivity index (χ3v) is 5.20. The highest BCUT2D eigenvalue weighted by molar-refractivity contribution is 5.98. The summed E-state index contributed by atoms with van der Waals surface area (Å²) < 4.78 is 11.3. The molecule has 3 aliphatic heterocycles. The van der Waals surface area contributed by atoms with Gasteiger partial charge in [0.15, 0.2) is 0 Å². The van der Waals surface area contributed by atoms with E-state index in [9.17, 15) is 9.59 Å². The second-order valence-corrected chi connectivity index (χ2v) is 8.23. The van der Waals surface area contributed by atoms with Gasteiger partial charge in [-0.2, -0.15) is 0 Å². The molecule has 26 heavy (non-hydrogen) atoms. The zero-order chi connectivity index (χ0) is 18.6. The van der Waals surface area contributed by atoms with E-state index in [1.807, 2.05) is 19.9 Å². The zero-order valence-corrected chi connectivity index (χ0v) is 15.9. The van der Waals surface area contributed by atoms with Crippen LogP contribution in [0.3, 0.4) is 0 Å². The summed E-state index contributed by atoms with van der Waals surface area (Å²) in [6, 6.07) is 0. The molecule has 1 unspecified atom stereocenters. The first-order chi connectivity index (χ1) is 12.4. The van der Waals surface area contributed by atoms with E-state index in [1.165, 1.54) is 10.5 Å². The van der Waals surface area contributed by atoms with E-state index in [4.69, 9.17) is 9.47 Å². The Bertz CT molecular complexity index is 589. The largest absolute Gasteiger partial charge is 0.497 e. The number of amides is 2. The minimum atomic E-state index is -0.193. The molecule has 3 heterocycles. The second kappa shape index (κ2) is 8.25. The number of unbranched alkanes of at least 4 members (excludes halogenated alkanes) is 1. The Kier molecular flexibility index (Phi) is 6.01. The van der Waals surface area contributed by atoms with Gasteiger partial charge in [0, 0.05) is 37.6 Å². The van der Waals surface area contributed by atoms with Crippen LogP contribution in [0.1, 0.15) is 52.4 Å². The minimum absolute atomic E-state index is 0.0246. The molecule has 0 saturated carbocycles. The summed E-state index contributed by atoms with van der Waals surface area (Å²) in [4.78, 5) is 25.7. The van der Waals surface area contributed by atoms with Gasteiger partial charge in [-0.1, -0.05) is 13.8 Å². The lowest BCUT2D eigenvalue weighted by Crippen LogP contribution is -2.46. The van der Waals surface area contributed by atoms with Crippen molar-refractivity contribution in [2.24, 2.45) is 5.41 Å². The summed E-state index contributed by atoms with van der Waals surface area (Å²) in [5, 5.41) is 3.43. The van der Waals surface area contributed by atoms with Gasteiger partial charge >= 0.3 is 0 Å². The number of imide groups is 1. The van der Waals surface area contributed by atoms with Crippen molar-refractivity contribution in [3.63, 3.8) is 0 Å². The summed E-state index contributed by atoms with van der Waals surface area (Å²) in [6.45, 7) is 6.83. The predicted octanol–water partition coefficient (Wildman–Crippen LogP) is 2.51. The van der Waals surface area contributed by atoms with Crippen LogP contribution in [0.15, 0.2) is 23.7 Å². The summed E-state index contributed by atoms with van der Waals surface area (Å²) in [7, 11) is 0. The number of rotatable bonds is 7. The lowest BCUT2D eigenvalue weighted by Gasteiger charge is -2.34. The first kappa shape index (κ1) is 19.0. The number of likely N-dealkylation sites (tertiary alicyclic amines) is 1. The number of allylic oxidation sites excluding steroid dienone is 1. The smallest absolute Gasteiger partial charge is 0.229 e. The van der Waals surface area contributed by atoms with E-state index in [1.54, 1.807) is 6.26 Å². The highest BCUT2D eigenvalue weighted by atomic mass is 16.5. The average molecular weight is 362 g/mol. The fourth-order valence-electron chi connectivity index (χ4n) is 3.73. The van der Waals surface area contributed by atoms with Crippen LogP contribution in [0, 0.1) is 5.41 Å². The van der Waals surface area contributed by atoms with Crippen molar-refractivity contribution in [3.05, 3.63) is 23.7 Å². The van der Waals surface area contributed by atoms with Crippen molar-refractivity contribution < 1.29 is 19.1 Å². The van der Waals surface area contributed by atoms with E-state index >= 15 is 0 Å². The van der Waals surface area contributed by atoms with Crippen molar-refractivity contribution in [1.29, 1.82) is 0 Å². The van der Waals surface area contributed by atoms with Crippen LogP contribution in [0.5, 0.6) is 0 Å². The molecule has 3 aliphatic rings. The standard InChI is InChI=1S/C20H30N2O4/c1-20(2)11-18(23)22(19(24)12-20)9-4-3-8-21-13-16-6-5-15-14-25-10-7-17(15)26-16/h7,10,16,21H,3-6,8-9,11-14H2,1-2H3. The van der Waals surface area contributed by atoms with Gasteiger partial charge in [0.25, 0.3) is 0 Å². The number of carbonyl (C=O) groups is 2. The van der Waals surface area contributed by atoms with Gasteiger partial charge in [-0.15, -0.1) is 0 Å². The molecule has 0 aromatic carbocycles. The SMILES string of the molecule is CC1(C)CC(=O)N(CCCCNCC2CCC3=C(C=COC3)O2)C(=O)C1. The van der Waals surface area contributed by atoms with Gasteiger partial charge in [-0.05, 0) is 37.6 Å². The Morgan fingerprint density at radius 2 is 2.00 bits per heavy atom. The van der Waals surface area contributed by atoms with Gasteiger partial charge in [0.1, 0.15) is 18.5 Å². The summed E-state index contributed by atoms with van der Waals surface area (Å²) in [5.74, 6) is 0.922. The zero-order valence-electron chi connectivity index (χ0n) is 15.9. The summed E-state index contributed by atoms with van der Waals surface area (Å²) in [5.41, 5.74) is 1.06. The van der Waals surface area contributed by atoms with Crippen molar-refractivity contribution in [2.45, 2.75) is 58.5 Å². The van der Waals surface area contributed by atoms with Crippen LogP contribution in [0.25, 0.3) is 0 Å². The van der Waals surface area contributed by atoms with E-state index in [2.05, 4.69) is 5.32 Å². The summed E-state index contributed by atoms with van der Waals surface area (Å²) in [6.07, 6.45) is 8.54. The quantitative estimate of drug-likeness (QED) is 0.557. The maximum atomic E-state index is 12.1. The molecule has 6 nitrogen and oxygen atoms in total. The molecule has 0 bridgehead atoms. The van der Waals surface area contributed by atoms with Crippen molar-refractivity contribution in [1.82, 2.24) is 10.2 Å². The molecule has 0 spiro atoms. The van der Waals surface area contributed by atoms with Gasteiger partial charge in [0.05, 0.1) is 6.26 Å². The van der Waals surface area contributed by atoms with Gasteiger partial charge in [-0.3, -0.25) is 14.5 Å². The highest BCUT2D eigenvalue weighted by Gasteiger charge is 2.36. The molecule has 0 aromatic rings.